The van der Waals surface area contributed by atoms with Crippen LogP contribution in [0.5, 0.6) is 0 Å². The number of aliphatic hydroxyl groups is 1. The summed E-state index contributed by atoms with van der Waals surface area (Å²) in [6.45, 7) is 1.04. The third-order valence-electron chi connectivity index (χ3n) is 5.03. The van der Waals surface area contributed by atoms with Crippen molar-refractivity contribution in [2.75, 3.05) is 13.1 Å². The minimum absolute atomic E-state index is 0.0113. The second-order valence-electron chi connectivity index (χ2n) is 6.66. The third kappa shape index (κ3) is 2.76. The Bertz CT molecular complexity index is 621. The molecular formula is C16H21N3O3S. The zero-order valence-electron chi connectivity index (χ0n) is 13.0. The van der Waals surface area contributed by atoms with Crippen LogP contribution >= 0.6 is 11.3 Å². The number of aryl methyl sites for hydroxylation is 2. The number of hydrogen-bond acceptors (Lipinski definition) is 5. The molecule has 7 heteroatoms. The predicted molar refractivity (Wildman–Crippen MR) is 84.9 cm³/mol. The van der Waals surface area contributed by atoms with E-state index in [2.05, 4.69) is 4.98 Å². The summed E-state index contributed by atoms with van der Waals surface area (Å²) in [6, 6.07) is -0.491. The van der Waals surface area contributed by atoms with Crippen molar-refractivity contribution in [1.29, 1.82) is 0 Å². The van der Waals surface area contributed by atoms with Gasteiger partial charge in [0.2, 0.25) is 11.8 Å². The molecule has 1 N–H and O–H groups in total. The van der Waals surface area contributed by atoms with E-state index in [1.165, 1.54) is 23.4 Å². The van der Waals surface area contributed by atoms with Crippen LogP contribution in [-0.4, -0.2) is 56.9 Å². The van der Waals surface area contributed by atoms with Gasteiger partial charge in [0.25, 0.3) is 0 Å². The topological polar surface area (TPSA) is 73.7 Å². The number of piperazine rings is 1. The fourth-order valence-corrected chi connectivity index (χ4v) is 4.96. The summed E-state index contributed by atoms with van der Waals surface area (Å²) in [5.74, 6) is -0.0562. The molecule has 0 aromatic carbocycles. The highest BCUT2D eigenvalue weighted by Gasteiger charge is 2.42. The van der Waals surface area contributed by atoms with Crippen LogP contribution in [0.15, 0.2) is 0 Å². The summed E-state index contributed by atoms with van der Waals surface area (Å²) in [5.41, 5.74) is 1.18. The van der Waals surface area contributed by atoms with Crippen LogP contribution < -0.4 is 0 Å². The molecule has 0 radical (unpaired) electrons. The van der Waals surface area contributed by atoms with Gasteiger partial charge in [-0.1, -0.05) is 0 Å². The van der Waals surface area contributed by atoms with Crippen molar-refractivity contribution in [3.05, 3.63) is 15.6 Å². The Kier molecular flexibility index (Phi) is 3.85. The molecule has 0 bridgehead atoms. The summed E-state index contributed by atoms with van der Waals surface area (Å²) >= 11 is 1.68. The highest BCUT2D eigenvalue weighted by molar-refractivity contribution is 7.11. The maximum absolute atomic E-state index is 12.7. The number of carbonyl (C=O) groups is 2. The van der Waals surface area contributed by atoms with Gasteiger partial charge in [-0.2, -0.15) is 0 Å². The molecule has 0 saturated carbocycles. The van der Waals surface area contributed by atoms with E-state index in [1.807, 2.05) is 0 Å². The van der Waals surface area contributed by atoms with Gasteiger partial charge in [-0.25, -0.2) is 4.98 Å². The Morgan fingerprint density at radius 1 is 1.26 bits per heavy atom. The molecule has 2 fully saturated rings. The van der Waals surface area contributed by atoms with Crippen molar-refractivity contribution in [1.82, 2.24) is 14.8 Å². The van der Waals surface area contributed by atoms with Crippen molar-refractivity contribution < 1.29 is 14.7 Å². The molecule has 3 heterocycles. The summed E-state index contributed by atoms with van der Waals surface area (Å²) < 4.78 is 0. The number of aliphatic hydroxyl groups excluding tert-OH is 1. The van der Waals surface area contributed by atoms with Crippen molar-refractivity contribution in [3.63, 3.8) is 0 Å². The first-order valence-corrected chi connectivity index (χ1v) is 9.17. The lowest BCUT2D eigenvalue weighted by atomic mass is 9.96. The Hall–Kier alpha value is -1.47. The molecule has 124 valence electrons. The van der Waals surface area contributed by atoms with E-state index < -0.39 is 12.1 Å². The average Bonchev–Trinajstić information content (AvgIpc) is 2.94. The predicted octanol–water partition coefficient (Wildman–Crippen LogP) is 0.716. The molecule has 0 unspecified atom stereocenters. The zero-order valence-corrected chi connectivity index (χ0v) is 13.8. The van der Waals surface area contributed by atoms with E-state index in [9.17, 15) is 14.7 Å². The smallest absolute Gasteiger partial charge is 0.246 e. The number of rotatable bonds is 2. The zero-order chi connectivity index (χ0) is 16.0. The van der Waals surface area contributed by atoms with Gasteiger partial charge in [-0.15, -0.1) is 11.3 Å². The minimum atomic E-state index is -0.491. The first-order valence-electron chi connectivity index (χ1n) is 8.35. The number of piperidine rings is 1. The molecule has 1 aromatic heterocycles. The van der Waals surface area contributed by atoms with Crippen LogP contribution in [0.4, 0.5) is 0 Å². The maximum Gasteiger partial charge on any atom is 0.246 e. The molecule has 2 aliphatic heterocycles. The van der Waals surface area contributed by atoms with Crippen molar-refractivity contribution in [2.24, 2.45) is 0 Å². The van der Waals surface area contributed by atoms with Gasteiger partial charge < -0.3 is 14.9 Å². The lowest BCUT2D eigenvalue weighted by molar-refractivity contribution is -0.160. The molecule has 4 rings (SSSR count). The Morgan fingerprint density at radius 2 is 2.09 bits per heavy atom. The van der Waals surface area contributed by atoms with Crippen molar-refractivity contribution >= 4 is 23.2 Å². The third-order valence-corrected chi connectivity index (χ3v) is 6.18. The normalized spacial score (nSPS) is 27.9. The fourth-order valence-electron chi connectivity index (χ4n) is 3.79. The first kappa shape index (κ1) is 15.1. The quantitative estimate of drug-likeness (QED) is 0.864. The summed E-state index contributed by atoms with van der Waals surface area (Å²) in [5, 5.41) is 10.8. The van der Waals surface area contributed by atoms with E-state index in [4.69, 9.17) is 0 Å². The standard InChI is InChI=1S/C16H21N3O3S/c20-10-5-6-19-12(7-10)16(22)18(9-15(19)21)8-14-17-11-3-1-2-4-13(11)23-14/h10,12,20H,1-9H2/t10-,12+/m0/s1. The number of amides is 2. The van der Waals surface area contributed by atoms with Gasteiger partial charge in [-0.05, 0) is 32.1 Å². The van der Waals surface area contributed by atoms with Gasteiger partial charge in [0.1, 0.15) is 17.6 Å². The van der Waals surface area contributed by atoms with Crippen LogP contribution in [0, 0.1) is 0 Å². The molecule has 1 aromatic rings. The molecule has 2 amide bonds. The number of thiazole rings is 1. The van der Waals surface area contributed by atoms with Crippen LogP contribution in [0.3, 0.4) is 0 Å². The largest absolute Gasteiger partial charge is 0.393 e. The second kappa shape index (κ2) is 5.87. The van der Waals surface area contributed by atoms with Crippen LogP contribution in [0.1, 0.15) is 41.3 Å². The molecule has 6 nitrogen and oxygen atoms in total. The van der Waals surface area contributed by atoms with Gasteiger partial charge in [0, 0.05) is 17.8 Å². The summed E-state index contributed by atoms with van der Waals surface area (Å²) in [7, 11) is 0. The van der Waals surface area contributed by atoms with E-state index in [0.717, 1.165) is 17.8 Å². The van der Waals surface area contributed by atoms with E-state index >= 15 is 0 Å². The van der Waals surface area contributed by atoms with Crippen LogP contribution in [0.2, 0.25) is 0 Å². The lowest BCUT2D eigenvalue weighted by Crippen LogP contribution is -2.62. The van der Waals surface area contributed by atoms with Gasteiger partial charge in [0.05, 0.1) is 18.3 Å². The SMILES string of the molecule is O=C1[C@H]2C[C@@H](O)CCN2C(=O)CN1Cc1nc2c(s1)CCCC2. The number of hydrogen-bond donors (Lipinski definition) is 1. The number of fused-ring (bicyclic) bond motifs is 2. The minimum Gasteiger partial charge on any atom is -0.393 e. The number of aromatic nitrogens is 1. The highest BCUT2D eigenvalue weighted by atomic mass is 32.1. The van der Waals surface area contributed by atoms with Gasteiger partial charge in [-0.3, -0.25) is 9.59 Å². The van der Waals surface area contributed by atoms with E-state index in [1.54, 1.807) is 21.1 Å². The van der Waals surface area contributed by atoms with Gasteiger partial charge >= 0.3 is 0 Å². The summed E-state index contributed by atoms with van der Waals surface area (Å²) in [4.78, 5) is 34.3. The maximum atomic E-state index is 12.7. The molecule has 23 heavy (non-hydrogen) atoms. The average molecular weight is 335 g/mol. The van der Waals surface area contributed by atoms with Crippen molar-refractivity contribution in [3.8, 4) is 0 Å². The van der Waals surface area contributed by atoms with E-state index in [-0.39, 0.29) is 18.4 Å². The van der Waals surface area contributed by atoms with Crippen LogP contribution in [-0.2, 0) is 29.0 Å². The molecule has 1 aliphatic carbocycles. The van der Waals surface area contributed by atoms with Crippen LogP contribution in [0.25, 0.3) is 0 Å². The lowest BCUT2D eigenvalue weighted by Gasteiger charge is -2.43. The first-order chi connectivity index (χ1) is 11.1. The second-order valence-corrected chi connectivity index (χ2v) is 7.83. The summed E-state index contributed by atoms with van der Waals surface area (Å²) in [6.07, 6.45) is 4.95. The monoisotopic (exact) mass is 335 g/mol. The van der Waals surface area contributed by atoms with E-state index in [0.29, 0.717) is 25.9 Å². The molecule has 3 aliphatic rings. The molecular weight excluding hydrogens is 314 g/mol. The Labute approximate surface area is 139 Å². The Balaban J connectivity index is 1.51. The fraction of sp³-hybridized carbons (Fsp3) is 0.688. The molecule has 0 spiro atoms. The van der Waals surface area contributed by atoms with Crippen molar-refractivity contribution in [2.45, 2.75) is 57.2 Å². The molecule has 2 saturated heterocycles. The Morgan fingerprint density at radius 3 is 2.91 bits per heavy atom. The molecule has 2 atom stereocenters. The highest BCUT2D eigenvalue weighted by Crippen LogP contribution is 2.29. The number of nitrogens with zero attached hydrogens (tertiary/aromatic N) is 3. The van der Waals surface area contributed by atoms with Gasteiger partial charge in [0.15, 0.2) is 0 Å². The number of carbonyl (C=O) groups excluding carboxylic acids is 2.